The molecule has 4 aromatic rings. The standard InChI is InChI=1S/C19H16Cl2N8O2/c20-12-3-1-2-9(14(12)21)7-22-17-26-15-10(6-13-16(30)27-19(31)25-13)8-23-29(15)18(28-17)24-11-4-5-11/h1-3,6,8,11,30H,4-5,7H2,(H,22,24,28)(H2,25,27,31). The zero-order valence-corrected chi connectivity index (χ0v) is 17.4. The van der Waals surface area contributed by atoms with Gasteiger partial charge in [0, 0.05) is 11.8 Å². The van der Waals surface area contributed by atoms with Gasteiger partial charge < -0.3 is 15.4 Å². The molecule has 0 bridgehead atoms. The van der Waals surface area contributed by atoms with Crippen molar-refractivity contribution in [3.63, 3.8) is 0 Å². The Morgan fingerprint density at radius 2 is 2.13 bits per heavy atom. The Morgan fingerprint density at radius 1 is 1.29 bits per heavy atom. The van der Waals surface area contributed by atoms with Gasteiger partial charge in [-0.3, -0.25) is 4.98 Å². The van der Waals surface area contributed by atoms with Crippen LogP contribution in [0.2, 0.25) is 10.0 Å². The summed E-state index contributed by atoms with van der Waals surface area (Å²) < 4.78 is 1.53. The van der Waals surface area contributed by atoms with Gasteiger partial charge in [0.25, 0.3) is 5.62 Å². The number of halogens is 2. The predicted molar refractivity (Wildman–Crippen MR) is 115 cm³/mol. The lowest BCUT2D eigenvalue weighted by atomic mass is 10.2. The highest BCUT2D eigenvalue weighted by atomic mass is 35.5. The van der Waals surface area contributed by atoms with Crippen LogP contribution in [0.1, 0.15) is 24.1 Å². The number of aromatic amines is 2. The minimum absolute atomic E-state index is 0.218. The third-order valence-electron chi connectivity index (χ3n) is 4.73. The highest BCUT2D eigenvalue weighted by molar-refractivity contribution is 6.42. The monoisotopic (exact) mass is 458 g/mol. The van der Waals surface area contributed by atoms with Crippen LogP contribution in [0.3, 0.4) is 0 Å². The lowest BCUT2D eigenvalue weighted by Crippen LogP contribution is -2.24. The minimum atomic E-state index is -0.514. The van der Waals surface area contributed by atoms with E-state index < -0.39 is 5.69 Å². The summed E-state index contributed by atoms with van der Waals surface area (Å²) in [6.45, 7) is 0.359. The summed E-state index contributed by atoms with van der Waals surface area (Å²) in [5.74, 6) is 0.0696. The molecule has 5 rings (SSSR count). The molecule has 0 radical (unpaired) electrons. The molecule has 1 saturated carbocycles. The van der Waals surface area contributed by atoms with Crippen molar-refractivity contribution in [2.75, 3.05) is 5.32 Å². The lowest BCUT2D eigenvalue weighted by Gasteiger charge is -2.08. The topological polar surface area (TPSA) is 136 Å². The van der Waals surface area contributed by atoms with Crippen LogP contribution in [0.4, 0.5) is 5.95 Å². The molecule has 1 aliphatic carbocycles. The van der Waals surface area contributed by atoms with Gasteiger partial charge in [0.1, 0.15) is 5.69 Å². The zero-order chi connectivity index (χ0) is 21.5. The van der Waals surface area contributed by atoms with Crippen LogP contribution in [-0.2, 0) is 6.54 Å². The first-order valence-electron chi connectivity index (χ1n) is 9.47. The molecule has 1 aromatic carbocycles. The molecule has 158 valence electrons. The second kappa shape index (κ2) is 7.71. The largest absolute Gasteiger partial charge is 0.493 e. The van der Waals surface area contributed by atoms with Crippen LogP contribution in [-0.4, -0.2) is 40.7 Å². The van der Waals surface area contributed by atoms with Gasteiger partial charge >= 0.3 is 5.69 Å². The molecular formula is C19H16Cl2N8O2. The number of hydrogen-bond donors (Lipinski definition) is 4. The Labute approximate surface area is 184 Å². The molecule has 1 fully saturated rings. The van der Waals surface area contributed by atoms with Gasteiger partial charge in [-0.05, 0) is 30.5 Å². The lowest BCUT2D eigenvalue weighted by molar-refractivity contribution is 0.454. The van der Waals surface area contributed by atoms with E-state index in [0.717, 1.165) is 18.4 Å². The third kappa shape index (κ3) is 3.99. The van der Waals surface area contributed by atoms with Crippen LogP contribution >= 0.6 is 23.2 Å². The molecule has 0 atom stereocenters. The van der Waals surface area contributed by atoms with E-state index in [9.17, 15) is 9.90 Å². The van der Waals surface area contributed by atoms with Crippen LogP contribution < -0.4 is 21.8 Å². The van der Waals surface area contributed by atoms with Crippen molar-refractivity contribution in [2.45, 2.75) is 25.4 Å². The number of H-pyrrole nitrogens is 2. The Balaban J connectivity index is 1.59. The van der Waals surface area contributed by atoms with Crippen molar-refractivity contribution in [3.8, 4) is 5.88 Å². The summed E-state index contributed by atoms with van der Waals surface area (Å²) in [5.41, 5.74) is 1.39. The van der Waals surface area contributed by atoms with E-state index in [1.54, 1.807) is 18.3 Å². The molecule has 3 heterocycles. The summed E-state index contributed by atoms with van der Waals surface area (Å²) in [5, 5.41) is 18.9. The Hall–Kier alpha value is -3.37. The highest BCUT2D eigenvalue weighted by Gasteiger charge is 2.21. The van der Waals surface area contributed by atoms with E-state index in [1.165, 1.54) is 4.52 Å². The molecule has 4 N–H and O–H groups in total. The number of nitrogens with zero attached hydrogens (tertiary/aromatic N) is 5. The first-order chi connectivity index (χ1) is 15.0. The van der Waals surface area contributed by atoms with Crippen molar-refractivity contribution in [2.24, 2.45) is 4.99 Å². The van der Waals surface area contributed by atoms with Crippen LogP contribution in [0, 0.1) is 0 Å². The molecule has 3 aromatic heterocycles. The van der Waals surface area contributed by atoms with Gasteiger partial charge in [0.15, 0.2) is 5.65 Å². The molecule has 1 aliphatic rings. The fourth-order valence-corrected chi connectivity index (χ4v) is 3.41. The number of benzene rings is 1. The number of imidazole rings is 1. The molecule has 0 unspecified atom stereocenters. The van der Waals surface area contributed by atoms with Gasteiger partial charge in [-0.25, -0.2) is 9.79 Å². The first-order valence-corrected chi connectivity index (χ1v) is 10.2. The second-order valence-corrected chi connectivity index (χ2v) is 7.88. The SMILES string of the molecule is O=c1[nH]c(O)c(C=c2cnn3c(=NC4CC4)nc(NCc4cccc(Cl)c4Cl)nc23)[nH]1. The van der Waals surface area contributed by atoms with Crippen molar-refractivity contribution in [1.82, 2.24) is 29.5 Å². The van der Waals surface area contributed by atoms with Crippen molar-refractivity contribution in [1.29, 1.82) is 0 Å². The number of rotatable bonds is 5. The fourth-order valence-electron chi connectivity index (χ4n) is 3.02. The van der Waals surface area contributed by atoms with E-state index >= 15 is 0 Å². The van der Waals surface area contributed by atoms with E-state index in [4.69, 9.17) is 23.2 Å². The Morgan fingerprint density at radius 3 is 2.87 bits per heavy atom. The Kier molecular flexibility index (Phi) is 4.87. The fraction of sp³-hybridized carbons (Fsp3) is 0.211. The minimum Gasteiger partial charge on any atom is -0.493 e. The summed E-state index contributed by atoms with van der Waals surface area (Å²) in [7, 11) is 0. The van der Waals surface area contributed by atoms with E-state index in [-0.39, 0.29) is 17.6 Å². The predicted octanol–water partition coefficient (Wildman–Crippen LogP) is 1.38. The molecule has 0 saturated heterocycles. The van der Waals surface area contributed by atoms with Crippen molar-refractivity contribution in [3.05, 3.63) is 67.0 Å². The molecule has 0 aliphatic heterocycles. The quantitative estimate of drug-likeness (QED) is 0.356. The number of aromatic nitrogens is 6. The maximum Gasteiger partial charge on any atom is 0.326 e. The molecule has 10 nitrogen and oxygen atoms in total. The second-order valence-electron chi connectivity index (χ2n) is 7.10. The van der Waals surface area contributed by atoms with Crippen LogP contribution in [0.25, 0.3) is 11.7 Å². The Bertz CT molecular complexity index is 1470. The van der Waals surface area contributed by atoms with Gasteiger partial charge in [0.2, 0.25) is 11.8 Å². The molecule has 12 heteroatoms. The van der Waals surface area contributed by atoms with Gasteiger partial charge in [-0.1, -0.05) is 35.3 Å². The summed E-state index contributed by atoms with van der Waals surface area (Å²) >= 11 is 12.4. The number of nitrogens with one attached hydrogen (secondary N) is 3. The number of aromatic hydroxyl groups is 1. The normalized spacial score (nSPS) is 15.2. The van der Waals surface area contributed by atoms with E-state index in [0.29, 0.717) is 39.0 Å². The van der Waals surface area contributed by atoms with Crippen molar-refractivity contribution >= 4 is 40.9 Å². The van der Waals surface area contributed by atoms with Gasteiger partial charge in [-0.2, -0.15) is 19.6 Å². The molecule has 31 heavy (non-hydrogen) atoms. The average Bonchev–Trinajstić information content (AvgIpc) is 3.37. The van der Waals surface area contributed by atoms with Gasteiger partial charge in [0.05, 0.1) is 22.3 Å². The van der Waals surface area contributed by atoms with Crippen LogP contribution in [0.5, 0.6) is 5.88 Å². The van der Waals surface area contributed by atoms with E-state index in [1.807, 2.05) is 12.1 Å². The zero-order valence-electron chi connectivity index (χ0n) is 15.9. The van der Waals surface area contributed by atoms with E-state index in [2.05, 4.69) is 35.3 Å². The smallest absolute Gasteiger partial charge is 0.326 e. The summed E-state index contributed by atoms with van der Waals surface area (Å²) in [6.07, 6.45) is 5.15. The molecule has 0 amide bonds. The number of anilines is 1. The van der Waals surface area contributed by atoms with Crippen molar-refractivity contribution < 1.29 is 5.11 Å². The highest BCUT2D eigenvalue weighted by Crippen LogP contribution is 2.26. The maximum atomic E-state index is 11.4. The summed E-state index contributed by atoms with van der Waals surface area (Å²) in [6, 6.07) is 5.61. The third-order valence-corrected chi connectivity index (χ3v) is 5.58. The molecular weight excluding hydrogens is 443 g/mol. The van der Waals surface area contributed by atoms with Gasteiger partial charge in [-0.15, -0.1) is 0 Å². The molecule has 0 spiro atoms. The maximum absolute atomic E-state index is 11.4. The van der Waals surface area contributed by atoms with Crippen LogP contribution in [0.15, 0.2) is 34.2 Å². The average molecular weight is 459 g/mol. The summed E-state index contributed by atoms with van der Waals surface area (Å²) in [4.78, 5) is 29.9. The number of hydrogen-bond acceptors (Lipinski definition) is 7. The first kappa shape index (κ1) is 19.6. The number of fused-ring (bicyclic) bond motifs is 1.